The smallest absolute Gasteiger partial charge is 0.331 e. The van der Waals surface area contributed by atoms with Crippen molar-refractivity contribution in [1.29, 1.82) is 0 Å². The minimum atomic E-state index is -1.17. The standard InChI is InChI=1S/C14H21NO5/c16-12-6-5-10-15(12)9-3-1-2-4-11-20-14(19)8-7-13(17)18/h7-8H,1-6,9-11H2,(H,17,18)/b8-7-. The van der Waals surface area contributed by atoms with Gasteiger partial charge < -0.3 is 14.7 Å². The third-order valence-corrected chi connectivity index (χ3v) is 3.10. The van der Waals surface area contributed by atoms with Crippen LogP contribution < -0.4 is 0 Å². The minimum absolute atomic E-state index is 0.254. The molecule has 0 unspecified atom stereocenters. The second-order valence-corrected chi connectivity index (χ2v) is 4.74. The zero-order chi connectivity index (χ0) is 14.8. The molecule has 0 spiro atoms. The first kappa shape index (κ1) is 16.2. The molecule has 0 radical (unpaired) electrons. The van der Waals surface area contributed by atoms with Crippen LogP contribution in [-0.2, 0) is 19.1 Å². The number of likely N-dealkylation sites (tertiary alicyclic amines) is 1. The van der Waals surface area contributed by atoms with Crippen LogP contribution in [0.3, 0.4) is 0 Å². The fourth-order valence-corrected chi connectivity index (χ4v) is 2.06. The normalized spacial score (nSPS) is 15.0. The molecule has 1 rings (SSSR count). The van der Waals surface area contributed by atoms with Crippen molar-refractivity contribution in [3.05, 3.63) is 12.2 Å². The van der Waals surface area contributed by atoms with Crippen LogP contribution in [0.2, 0.25) is 0 Å². The summed E-state index contributed by atoms with van der Waals surface area (Å²) < 4.78 is 4.84. The maximum absolute atomic E-state index is 11.3. The predicted molar refractivity (Wildman–Crippen MR) is 72.0 cm³/mol. The first-order chi connectivity index (χ1) is 9.59. The highest BCUT2D eigenvalue weighted by atomic mass is 16.5. The van der Waals surface area contributed by atoms with Gasteiger partial charge in [-0.3, -0.25) is 4.79 Å². The van der Waals surface area contributed by atoms with Gasteiger partial charge >= 0.3 is 11.9 Å². The number of carboxylic acids is 1. The number of amides is 1. The number of nitrogens with zero attached hydrogens (tertiary/aromatic N) is 1. The highest BCUT2D eigenvalue weighted by Gasteiger charge is 2.18. The number of unbranched alkanes of at least 4 members (excludes halogenated alkanes) is 3. The number of esters is 1. The number of hydrogen-bond donors (Lipinski definition) is 1. The number of carboxylic acid groups (broad SMARTS) is 1. The molecule has 0 aromatic heterocycles. The summed E-state index contributed by atoms with van der Waals surface area (Å²) in [5, 5.41) is 8.32. The lowest BCUT2D eigenvalue weighted by Gasteiger charge is -2.14. The minimum Gasteiger partial charge on any atom is -0.478 e. The third kappa shape index (κ3) is 6.92. The molecule has 6 heteroatoms. The molecule has 0 aliphatic carbocycles. The molecule has 112 valence electrons. The molecule has 1 amide bonds. The van der Waals surface area contributed by atoms with Gasteiger partial charge in [-0.2, -0.15) is 0 Å². The van der Waals surface area contributed by atoms with Crippen molar-refractivity contribution in [2.45, 2.75) is 38.5 Å². The first-order valence-electron chi connectivity index (χ1n) is 6.95. The van der Waals surface area contributed by atoms with E-state index in [-0.39, 0.29) is 5.91 Å². The molecule has 1 aliphatic heterocycles. The van der Waals surface area contributed by atoms with Gasteiger partial charge in [-0.1, -0.05) is 6.42 Å². The average Bonchev–Trinajstić information content (AvgIpc) is 2.81. The van der Waals surface area contributed by atoms with Gasteiger partial charge in [0.25, 0.3) is 0 Å². The second kappa shape index (κ2) is 9.12. The molecule has 1 N–H and O–H groups in total. The van der Waals surface area contributed by atoms with Gasteiger partial charge in [0.1, 0.15) is 0 Å². The van der Waals surface area contributed by atoms with Crippen LogP contribution in [0.25, 0.3) is 0 Å². The first-order valence-corrected chi connectivity index (χ1v) is 6.95. The lowest BCUT2D eigenvalue weighted by molar-refractivity contribution is -0.138. The Morgan fingerprint density at radius 3 is 2.60 bits per heavy atom. The molecular weight excluding hydrogens is 262 g/mol. The third-order valence-electron chi connectivity index (χ3n) is 3.10. The Labute approximate surface area is 118 Å². The molecule has 0 bridgehead atoms. The van der Waals surface area contributed by atoms with Crippen LogP contribution in [0.15, 0.2) is 12.2 Å². The molecule has 0 atom stereocenters. The highest BCUT2D eigenvalue weighted by Crippen LogP contribution is 2.11. The molecule has 1 saturated heterocycles. The highest BCUT2D eigenvalue weighted by molar-refractivity contribution is 5.90. The zero-order valence-corrected chi connectivity index (χ0v) is 11.5. The second-order valence-electron chi connectivity index (χ2n) is 4.74. The van der Waals surface area contributed by atoms with Gasteiger partial charge in [-0.25, -0.2) is 9.59 Å². The van der Waals surface area contributed by atoms with Crippen LogP contribution in [-0.4, -0.2) is 47.5 Å². The molecular formula is C14H21NO5. The molecule has 6 nitrogen and oxygen atoms in total. The zero-order valence-electron chi connectivity index (χ0n) is 11.5. The molecule has 1 fully saturated rings. The van der Waals surface area contributed by atoms with Gasteiger partial charge in [0, 0.05) is 31.7 Å². The van der Waals surface area contributed by atoms with E-state index in [0.29, 0.717) is 13.0 Å². The van der Waals surface area contributed by atoms with E-state index in [9.17, 15) is 14.4 Å². The summed E-state index contributed by atoms with van der Waals surface area (Å²) >= 11 is 0. The van der Waals surface area contributed by atoms with Crippen molar-refractivity contribution in [2.75, 3.05) is 19.7 Å². The Kier molecular flexibility index (Phi) is 7.39. The summed E-state index contributed by atoms with van der Waals surface area (Å²) in [7, 11) is 0. The molecule has 0 aromatic rings. The summed E-state index contributed by atoms with van der Waals surface area (Å²) in [5.41, 5.74) is 0. The molecule has 20 heavy (non-hydrogen) atoms. The van der Waals surface area contributed by atoms with Crippen LogP contribution in [0, 0.1) is 0 Å². The van der Waals surface area contributed by atoms with Crippen molar-refractivity contribution < 1.29 is 24.2 Å². The summed E-state index contributed by atoms with van der Waals surface area (Å²) in [6.45, 7) is 2.00. The van der Waals surface area contributed by atoms with E-state index < -0.39 is 11.9 Å². The molecule has 0 saturated carbocycles. The fourth-order valence-electron chi connectivity index (χ4n) is 2.06. The monoisotopic (exact) mass is 283 g/mol. The average molecular weight is 283 g/mol. The largest absolute Gasteiger partial charge is 0.478 e. The van der Waals surface area contributed by atoms with Gasteiger partial charge in [0.05, 0.1) is 6.61 Å². The number of rotatable bonds is 9. The van der Waals surface area contributed by atoms with Crippen molar-refractivity contribution in [2.24, 2.45) is 0 Å². The van der Waals surface area contributed by atoms with E-state index in [2.05, 4.69) is 0 Å². The van der Waals surface area contributed by atoms with E-state index in [1.54, 1.807) is 0 Å². The number of hydrogen-bond acceptors (Lipinski definition) is 4. The number of aliphatic carboxylic acids is 1. The maximum atomic E-state index is 11.3. The maximum Gasteiger partial charge on any atom is 0.331 e. The van der Waals surface area contributed by atoms with Crippen molar-refractivity contribution in [3.63, 3.8) is 0 Å². The lowest BCUT2D eigenvalue weighted by atomic mass is 10.2. The Morgan fingerprint density at radius 2 is 1.95 bits per heavy atom. The quantitative estimate of drug-likeness (QED) is 0.392. The van der Waals surface area contributed by atoms with E-state index in [4.69, 9.17) is 9.84 Å². The Balaban J connectivity index is 1.93. The molecule has 0 aromatic carbocycles. The summed E-state index contributed by atoms with van der Waals surface area (Å²) in [4.78, 5) is 34.4. The molecule has 1 heterocycles. The SMILES string of the molecule is O=C(O)/C=C\C(=O)OCCCCCCN1CCCC1=O. The van der Waals surface area contributed by atoms with Gasteiger partial charge in [0.15, 0.2) is 0 Å². The number of carbonyl (C=O) groups is 3. The summed E-state index contributed by atoms with van der Waals surface area (Å²) in [6.07, 6.45) is 6.96. The van der Waals surface area contributed by atoms with Crippen molar-refractivity contribution in [3.8, 4) is 0 Å². The number of carbonyl (C=O) groups excluding carboxylic acids is 2. The van der Waals surface area contributed by atoms with Crippen LogP contribution in [0.5, 0.6) is 0 Å². The predicted octanol–water partition coefficient (Wildman–Crippen LogP) is 1.35. The van der Waals surface area contributed by atoms with E-state index in [1.807, 2.05) is 4.90 Å². The van der Waals surface area contributed by atoms with Crippen molar-refractivity contribution >= 4 is 17.8 Å². The van der Waals surface area contributed by atoms with Crippen molar-refractivity contribution in [1.82, 2.24) is 4.90 Å². The van der Waals surface area contributed by atoms with Crippen LogP contribution in [0.4, 0.5) is 0 Å². The van der Waals surface area contributed by atoms with Gasteiger partial charge in [0.2, 0.25) is 5.91 Å². The fraction of sp³-hybridized carbons (Fsp3) is 0.643. The van der Waals surface area contributed by atoms with E-state index in [1.165, 1.54) is 0 Å². The lowest BCUT2D eigenvalue weighted by Crippen LogP contribution is -2.25. The van der Waals surface area contributed by atoms with E-state index in [0.717, 1.165) is 57.3 Å². The Morgan fingerprint density at radius 1 is 1.20 bits per heavy atom. The number of ether oxygens (including phenoxy) is 1. The topological polar surface area (TPSA) is 83.9 Å². The van der Waals surface area contributed by atoms with Crippen LogP contribution in [0.1, 0.15) is 38.5 Å². The van der Waals surface area contributed by atoms with E-state index >= 15 is 0 Å². The summed E-state index contributed by atoms with van der Waals surface area (Å²) in [6, 6.07) is 0. The van der Waals surface area contributed by atoms with Gasteiger partial charge in [-0.15, -0.1) is 0 Å². The van der Waals surface area contributed by atoms with Gasteiger partial charge in [-0.05, 0) is 25.7 Å². The molecule has 1 aliphatic rings. The Hall–Kier alpha value is -1.85. The van der Waals surface area contributed by atoms with Crippen LogP contribution >= 0.6 is 0 Å². The summed E-state index contributed by atoms with van der Waals surface area (Å²) in [5.74, 6) is -1.54. The Bertz CT molecular complexity index is 378.